The van der Waals surface area contributed by atoms with Crippen LogP contribution in [0.15, 0.2) is 85.0 Å². The van der Waals surface area contributed by atoms with E-state index in [1.165, 1.54) is 11.8 Å². The molecule has 0 radical (unpaired) electrons. The number of carbonyl (C=O) groups is 3. The third-order valence-electron chi connectivity index (χ3n) is 8.91. The van der Waals surface area contributed by atoms with Gasteiger partial charge in [-0.1, -0.05) is 85.0 Å². The summed E-state index contributed by atoms with van der Waals surface area (Å²) in [5, 5.41) is 10.7. The first-order valence-electron chi connectivity index (χ1n) is 14.4. The molecule has 2 fully saturated rings. The summed E-state index contributed by atoms with van der Waals surface area (Å²) < 4.78 is 4.02. The Balaban J connectivity index is 1.46. The molecular formula is C33H36N2O5S. The van der Waals surface area contributed by atoms with Crippen molar-refractivity contribution in [1.82, 2.24) is 9.80 Å². The number of cyclic esters (lactones) is 1. The number of aliphatic hydroxyl groups excluding tert-OH is 1. The predicted molar refractivity (Wildman–Crippen MR) is 158 cm³/mol. The largest absolute Gasteiger partial charge is 0.465 e. The lowest BCUT2D eigenvalue weighted by Gasteiger charge is -2.40. The van der Waals surface area contributed by atoms with E-state index in [0.29, 0.717) is 26.1 Å². The molecule has 0 saturated carbocycles. The molecule has 1 spiro atoms. The van der Waals surface area contributed by atoms with Gasteiger partial charge < -0.3 is 19.6 Å². The molecule has 6 rings (SSSR count). The predicted octanol–water partition coefficient (Wildman–Crippen LogP) is 3.77. The number of hydrogen-bond donors (Lipinski definition) is 1. The van der Waals surface area contributed by atoms with E-state index < -0.39 is 39.4 Å². The van der Waals surface area contributed by atoms with Crippen molar-refractivity contribution in [2.75, 3.05) is 19.8 Å². The highest BCUT2D eigenvalue weighted by Crippen LogP contribution is 2.65. The zero-order valence-electron chi connectivity index (χ0n) is 23.2. The Bertz CT molecular complexity index is 1360. The second-order valence-corrected chi connectivity index (χ2v) is 13.4. The Hall–Kier alpha value is -3.36. The van der Waals surface area contributed by atoms with E-state index in [1.54, 1.807) is 9.80 Å². The Kier molecular flexibility index (Phi) is 7.55. The highest BCUT2D eigenvalue weighted by Gasteiger charge is 2.74. The summed E-state index contributed by atoms with van der Waals surface area (Å²) in [6.07, 6.45) is 10.0. The number of likely N-dealkylation sites (tertiary alicyclic amines) is 1. The molecule has 4 aliphatic rings. The van der Waals surface area contributed by atoms with Crippen molar-refractivity contribution in [2.45, 2.75) is 54.3 Å². The molecule has 1 unspecified atom stereocenters. The maximum Gasteiger partial charge on any atom is 0.311 e. The molecule has 1 N–H and O–H groups in total. The van der Waals surface area contributed by atoms with Crippen LogP contribution in [-0.4, -0.2) is 74.0 Å². The number of hydrogen-bond acceptors (Lipinski definition) is 6. The van der Waals surface area contributed by atoms with Crippen LogP contribution >= 0.6 is 11.8 Å². The van der Waals surface area contributed by atoms with Gasteiger partial charge >= 0.3 is 5.97 Å². The van der Waals surface area contributed by atoms with Gasteiger partial charge in [0.25, 0.3) is 0 Å². The standard InChI is InChI=1S/C33H36N2O5S/c1-32-16-9-4-10-19-40-31(39)27(32)26-29(37)35(25(22-36)20-23-12-5-2-6-13-23)28-30(38)34(18-11-17-33(26,28)41-32)21-24-14-7-3-8-15-24/h2-3,5-9,11-17,25-28,36H,4,10,18-22H2,1H3/b16-9-/t25-,26+,27+,28?,32-,33+/m1/s1. The molecule has 2 aromatic carbocycles. The van der Waals surface area contributed by atoms with Gasteiger partial charge in [0.15, 0.2) is 0 Å². The number of amides is 2. The monoisotopic (exact) mass is 572 g/mol. The second-order valence-electron chi connectivity index (χ2n) is 11.6. The fraction of sp³-hybridized carbons (Fsp3) is 0.424. The fourth-order valence-corrected chi connectivity index (χ4v) is 9.24. The number of nitrogens with zero attached hydrogens (tertiary/aromatic N) is 2. The molecule has 2 saturated heterocycles. The molecule has 8 heteroatoms. The quantitative estimate of drug-likeness (QED) is 0.419. The first-order valence-corrected chi connectivity index (χ1v) is 15.2. The molecule has 0 aromatic heterocycles. The summed E-state index contributed by atoms with van der Waals surface area (Å²) in [7, 11) is 0. The van der Waals surface area contributed by atoms with Crippen molar-refractivity contribution in [3.05, 3.63) is 96.1 Å². The van der Waals surface area contributed by atoms with Crippen LogP contribution in [-0.2, 0) is 32.1 Å². The smallest absolute Gasteiger partial charge is 0.311 e. The number of benzene rings is 2. The van der Waals surface area contributed by atoms with E-state index >= 15 is 0 Å². The van der Waals surface area contributed by atoms with E-state index in [0.717, 1.165) is 24.0 Å². The van der Waals surface area contributed by atoms with Crippen LogP contribution in [0.1, 0.15) is 30.9 Å². The number of aliphatic hydroxyl groups is 1. The lowest BCUT2D eigenvalue weighted by atomic mass is 9.74. The Morgan fingerprint density at radius 1 is 0.951 bits per heavy atom. The third-order valence-corrected chi connectivity index (χ3v) is 10.7. The first kappa shape index (κ1) is 27.8. The summed E-state index contributed by atoms with van der Waals surface area (Å²) in [6, 6.07) is 18.0. The van der Waals surface area contributed by atoms with Gasteiger partial charge in [-0.2, -0.15) is 0 Å². The van der Waals surface area contributed by atoms with E-state index in [9.17, 15) is 19.5 Å². The zero-order valence-corrected chi connectivity index (χ0v) is 24.0. The van der Waals surface area contributed by atoms with E-state index in [-0.39, 0.29) is 18.4 Å². The number of carbonyl (C=O) groups excluding carboxylic acids is 3. The lowest BCUT2D eigenvalue weighted by molar-refractivity contribution is -0.154. The molecule has 2 aromatic rings. The minimum Gasteiger partial charge on any atom is -0.465 e. The number of esters is 1. The topological polar surface area (TPSA) is 87.1 Å². The molecule has 6 atom stereocenters. The Labute approximate surface area is 245 Å². The summed E-state index contributed by atoms with van der Waals surface area (Å²) in [5.41, 5.74) is 1.96. The lowest BCUT2D eigenvalue weighted by Crippen LogP contribution is -2.57. The molecule has 4 heterocycles. The van der Waals surface area contributed by atoms with Crippen molar-refractivity contribution in [3.63, 3.8) is 0 Å². The van der Waals surface area contributed by atoms with E-state index in [2.05, 4.69) is 12.2 Å². The van der Waals surface area contributed by atoms with Crippen molar-refractivity contribution >= 4 is 29.5 Å². The van der Waals surface area contributed by atoms with Crippen LogP contribution in [0.5, 0.6) is 0 Å². The van der Waals surface area contributed by atoms with E-state index in [4.69, 9.17) is 4.74 Å². The molecular weight excluding hydrogens is 536 g/mol. The van der Waals surface area contributed by atoms with Crippen LogP contribution in [0.4, 0.5) is 0 Å². The van der Waals surface area contributed by atoms with Crippen LogP contribution in [0.2, 0.25) is 0 Å². The molecule has 4 aliphatic heterocycles. The number of ether oxygens (including phenoxy) is 1. The summed E-state index contributed by atoms with van der Waals surface area (Å²) >= 11 is 1.54. The molecule has 0 aliphatic carbocycles. The van der Waals surface area contributed by atoms with Gasteiger partial charge in [-0.15, -0.1) is 11.8 Å². The molecule has 7 nitrogen and oxygen atoms in total. The summed E-state index contributed by atoms with van der Waals surface area (Å²) in [6.45, 7) is 2.79. The maximum atomic E-state index is 14.7. The Morgan fingerprint density at radius 3 is 2.37 bits per heavy atom. The van der Waals surface area contributed by atoms with Gasteiger partial charge in [0, 0.05) is 17.8 Å². The molecule has 41 heavy (non-hydrogen) atoms. The number of thioether (sulfide) groups is 1. The molecule has 2 amide bonds. The van der Waals surface area contributed by atoms with E-state index in [1.807, 2.05) is 79.7 Å². The number of rotatable bonds is 6. The minimum absolute atomic E-state index is 0.166. The van der Waals surface area contributed by atoms with Crippen LogP contribution < -0.4 is 0 Å². The molecule has 0 bridgehead atoms. The van der Waals surface area contributed by atoms with Gasteiger partial charge in [-0.25, -0.2) is 0 Å². The maximum absolute atomic E-state index is 14.7. The van der Waals surface area contributed by atoms with Crippen molar-refractivity contribution in [1.29, 1.82) is 0 Å². The number of allylic oxidation sites excluding steroid dienone is 1. The average Bonchev–Trinajstić information content (AvgIpc) is 3.34. The van der Waals surface area contributed by atoms with Crippen molar-refractivity contribution in [3.8, 4) is 0 Å². The highest BCUT2D eigenvalue weighted by atomic mass is 32.2. The second kappa shape index (κ2) is 11.1. The third kappa shape index (κ3) is 4.81. The summed E-state index contributed by atoms with van der Waals surface area (Å²) in [5.74, 6) is -2.37. The summed E-state index contributed by atoms with van der Waals surface area (Å²) in [4.78, 5) is 46.4. The normalized spacial score (nSPS) is 32.6. The average molecular weight is 573 g/mol. The van der Waals surface area contributed by atoms with Crippen LogP contribution in [0.25, 0.3) is 0 Å². The van der Waals surface area contributed by atoms with Gasteiger partial charge in [0.2, 0.25) is 11.8 Å². The number of fused-ring (bicyclic) bond motifs is 2. The zero-order chi connectivity index (χ0) is 28.6. The minimum atomic E-state index is -0.980. The molecule has 214 valence electrons. The van der Waals surface area contributed by atoms with Crippen LogP contribution in [0.3, 0.4) is 0 Å². The van der Waals surface area contributed by atoms with Gasteiger partial charge in [-0.3, -0.25) is 14.4 Å². The fourth-order valence-electron chi connectivity index (χ4n) is 7.10. The Morgan fingerprint density at radius 2 is 1.66 bits per heavy atom. The van der Waals surface area contributed by atoms with Gasteiger partial charge in [-0.05, 0) is 37.3 Å². The van der Waals surface area contributed by atoms with Crippen LogP contribution in [0, 0.1) is 11.8 Å². The van der Waals surface area contributed by atoms with Gasteiger partial charge in [0.05, 0.1) is 35.8 Å². The first-order chi connectivity index (χ1) is 19.9. The SMILES string of the molecule is C[C@@]12/C=C\CCCOC(=O)[C@@H]1[C@H]1C(=O)N([C@@H](CO)Cc3ccccc3)C3C(=O)N(Cc4ccccc4)CC=C[C@@]31S2. The van der Waals surface area contributed by atoms with Crippen molar-refractivity contribution in [2.24, 2.45) is 11.8 Å². The van der Waals surface area contributed by atoms with Crippen molar-refractivity contribution < 1.29 is 24.2 Å². The highest BCUT2D eigenvalue weighted by molar-refractivity contribution is 8.02. The van der Waals surface area contributed by atoms with Gasteiger partial charge in [0.1, 0.15) is 6.04 Å².